The molecular formula is C20H26N4O4. The first-order valence-corrected chi connectivity index (χ1v) is 9.39. The van der Waals surface area contributed by atoms with Crippen LogP contribution in [0.1, 0.15) is 39.3 Å². The molecule has 1 aliphatic rings. The number of carbonyl (C=O) groups is 2. The molecule has 28 heavy (non-hydrogen) atoms. The summed E-state index contributed by atoms with van der Waals surface area (Å²) in [7, 11) is 1.58. The van der Waals surface area contributed by atoms with Crippen molar-refractivity contribution in [1.82, 2.24) is 20.0 Å². The van der Waals surface area contributed by atoms with Crippen molar-refractivity contribution in [3.63, 3.8) is 0 Å². The van der Waals surface area contributed by atoms with Crippen molar-refractivity contribution in [3.05, 3.63) is 40.3 Å². The fourth-order valence-corrected chi connectivity index (χ4v) is 3.37. The summed E-state index contributed by atoms with van der Waals surface area (Å²) < 4.78 is 6.68. The Hall–Kier alpha value is -2.90. The molecule has 0 bridgehead atoms. The van der Waals surface area contributed by atoms with Crippen molar-refractivity contribution in [3.8, 4) is 0 Å². The molecular weight excluding hydrogens is 360 g/mol. The van der Waals surface area contributed by atoms with Gasteiger partial charge in [-0.3, -0.25) is 14.5 Å². The third kappa shape index (κ3) is 4.16. The minimum absolute atomic E-state index is 0.173. The van der Waals surface area contributed by atoms with Crippen molar-refractivity contribution in [2.24, 2.45) is 7.05 Å². The SMILES string of the molecule is Cn1nc(CNC(=O)[C@H]2CCCN2C(=O)OC(C)(C)C)c2ccccc2c1=O. The third-order valence-electron chi connectivity index (χ3n) is 4.65. The van der Waals surface area contributed by atoms with Gasteiger partial charge in [-0.1, -0.05) is 18.2 Å². The van der Waals surface area contributed by atoms with Crippen LogP contribution in [0.4, 0.5) is 4.79 Å². The largest absolute Gasteiger partial charge is 0.444 e. The van der Waals surface area contributed by atoms with E-state index in [1.165, 1.54) is 9.58 Å². The Morgan fingerprint density at radius 3 is 2.61 bits per heavy atom. The van der Waals surface area contributed by atoms with Gasteiger partial charge in [0.1, 0.15) is 11.6 Å². The molecule has 2 heterocycles. The van der Waals surface area contributed by atoms with E-state index in [4.69, 9.17) is 4.74 Å². The first-order valence-electron chi connectivity index (χ1n) is 9.39. The zero-order valence-corrected chi connectivity index (χ0v) is 16.7. The maximum atomic E-state index is 12.7. The van der Waals surface area contributed by atoms with Gasteiger partial charge in [0.05, 0.1) is 17.6 Å². The number of hydrogen-bond acceptors (Lipinski definition) is 5. The van der Waals surface area contributed by atoms with E-state index >= 15 is 0 Å². The molecule has 1 aromatic heterocycles. The number of hydrogen-bond donors (Lipinski definition) is 1. The third-order valence-corrected chi connectivity index (χ3v) is 4.65. The van der Waals surface area contributed by atoms with Gasteiger partial charge in [-0.05, 0) is 39.7 Å². The zero-order chi connectivity index (χ0) is 20.5. The fourth-order valence-electron chi connectivity index (χ4n) is 3.37. The van der Waals surface area contributed by atoms with E-state index in [-0.39, 0.29) is 18.0 Å². The van der Waals surface area contributed by atoms with E-state index in [1.54, 1.807) is 40.0 Å². The fraction of sp³-hybridized carbons (Fsp3) is 0.500. The number of rotatable bonds is 3. The summed E-state index contributed by atoms with van der Waals surface area (Å²) in [6, 6.07) is 6.62. The molecule has 1 aliphatic heterocycles. The number of ether oxygens (including phenoxy) is 1. The van der Waals surface area contributed by atoms with E-state index in [9.17, 15) is 14.4 Å². The minimum atomic E-state index is -0.613. The molecule has 8 heteroatoms. The Balaban J connectivity index is 1.74. The molecule has 1 fully saturated rings. The van der Waals surface area contributed by atoms with Crippen molar-refractivity contribution in [1.29, 1.82) is 0 Å². The molecule has 1 atom stereocenters. The Morgan fingerprint density at radius 2 is 1.93 bits per heavy atom. The molecule has 1 aromatic carbocycles. The van der Waals surface area contributed by atoms with E-state index < -0.39 is 17.7 Å². The molecule has 0 spiro atoms. The summed E-state index contributed by atoms with van der Waals surface area (Å²) in [6.07, 6.45) is 0.862. The number of fused-ring (bicyclic) bond motifs is 1. The van der Waals surface area contributed by atoms with Crippen LogP contribution < -0.4 is 10.9 Å². The number of aromatic nitrogens is 2. The smallest absolute Gasteiger partial charge is 0.410 e. The van der Waals surface area contributed by atoms with E-state index in [2.05, 4.69) is 10.4 Å². The van der Waals surface area contributed by atoms with Crippen LogP contribution >= 0.6 is 0 Å². The first kappa shape index (κ1) is 19.9. The van der Waals surface area contributed by atoms with Crippen LogP contribution in [0.25, 0.3) is 10.8 Å². The predicted octanol–water partition coefficient (Wildman–Crippen LogP) is 1.95. The summed E-state index contributed by atoms with van der Waals surface area (Å²) in [5.74, 6) is -0.247. The molecule has 1 N–H and O–H groups in total. The Labute approximate surface area is 163 Å². The van der Waals surface area contributed by atoms with Crippen LogP contribution in [0, 0.1) is 0 Å². The average Bonchev–Trinajstić information content (AvgIpc) is 3.12. The summed E-state index contributed by atoms with van der Waals surface area (Å²) in [4.78, 5) is 38.8. The summed E-state index contributed by atoms with van der Waals surface area (Å²) >= 11 is 0. The van der Waals surface area contributed by atoms with Crippen LogP contribution in [0.2, 0.25) is 0 Å². The van der Waals surface area contributed by atoms with Crippen LogP contribution in [0.5, 0.6) is 0 Å². The number of likely N-dealkylation sites (tertiary alicyclic amines) is 1. The second-order valence-electron chi connectivity index (χ2n) is 7.97. The Bertz CT molecular complexity index is 961. The molecule has 0 aliphatic carbocycles. The number of nitrogens with zero attached hydrogens (tertiary/aromatic N) is 3. The lowest BCUT2D eigenvalue weighted by Crippen LogP contribution is -2.47. The van der Waals surface area contributed by atoms with E-state index in [1.807, 2.05) is 12.1 Å². The highest BCUT2D eigenvalue weighted by molar-refractivity contribution is 5.87. The quantitative estimate of drug-likeness (QED) is 0.870. The van der Waals surface area contributed by atoms with Gasteiger partial charge in [0.2, 0.25) is 5.91 Å². The zero-order valence-electron chi connectivity index (χ0n) is 16.7. The maximum absolute atomic E-state index is 12.7. The van der Waals surface area contributed by atoms with Gasteiger partial charge >= 0.3 is 6.09 Å². The van der Waals surface area contributed by atoms with Crippen LogP contribution in [0.15, 0.2) is 29.1 Å². The first-order chi connectivity index (χ1) is 13.2. The normalized spacial score (nSPS) is 17.0. The van der Waals surface area contributed by atoms with Crippen molar-refractivity contribution in [2.45, 2.75) is 51.8 Å². The molecule has 0 radical (unpaired) electrons. The van der Waals surface area contributed by atoms with E-state index in [0.717, 1.165) is 6.42 Å². The summed E-state index contributed by atoms with van der Waals surface area (Å²) in [5.41, 5.74) is -0.191. The van der Waals surface area contributed by atoms with Crippen LogP contribution in [-0.4, -0.2) is 44.9 Å². The summed E-state index contributed by atoms with van der Waals surface area (Å²) in [5, 5.41) is 8.41. The molecule has 150 valence electrons. The highest BCUT2D eigenvalue weighted by atomic mass is 16.6. The molecule has 2 amide bonds. The van der Waals surface area contributed by atoms with Crippen molar-refractivity contribution < 1.29 is 14.3 Å². The van der Waals surface area contributed by atoms with Gasteiger partial charge in [0, 0.05) is 19.0 Å². The number of aryl methyl sites for hydroxylation is 1. The van der Waals surface area contributed by atoms with Crippen molar-refractivity contribution >= 4 is 22.8 Å². The van der Waals surface area contributed by atoms with E-state index in [0.29, 0.717) is 29.4 Å². The van der Waals surface area contributed by atoms with Gasteiger partial charge in [-0.2, -0.15) is 5.10 Å². The highest BCUT2D eigenvalue weighted by Gasteiger charge is 2.36. The Morgan fingerprint density at radius 1 is 1.25 bits per heavy atom. The number of benzene rings is 1. The minimum Gasteiger partial charge on any atom is -0.444 e. The number of carbonyl (C=O) groups excluding carboxylic acids is 2. The lowest BCUT2D eigenvalue weighted by molar-refractivity contribution is -0.125. The number of amides is 2. The second kappa shape index (κ2) is 7.61. The molecule has 0 unspecified atom stereocenters. The lowest BCUT2D eigenvalue weighted by atomic mass is 10.1. The van der Waals surface area contributed by atoms with Gasteiger partial charge < -0.3 is 10.1 Å². The predicted molar refractivity (Wildman–Crippen MR) is 105 cm³/mol. The molecule has 1 saturated heterocycles. The molecule has 3 rings (SSSR count). The number of nitrogens with one attached hydrogen (secondary N) is 1. The standard InChI is InChI=1S/C20H26N4O4/c1-20(2,3)28-19(27)24-11-7-10-16(24)17(25)21-12-15-13-8-5-6-9-14(13)18(26)23(4)22-15/h5-6,8-9,16H,7,10-12H2,1-4H3,(H,21,25)/t16-/m1/s1. The van der Waals surface area contributed by atoms with Gasteiger partial charge in [0.15, 0.2) is 0 Å². The Kier molecular flexibility index (Phi) is 5.40. The van der Waals surface area contributed by atoms with Crippen LogP contribution in [0.3, 0.4) is 0 Å². The highest BCUT2D eigenvalue weighted by Crippen LogP contribution is 2.21. The van der Waals surface area contributed by atoms with Gasteiger partial charge in [-0.15, -0.1) is 0 Å². The molecule has 2 aromatic rings. The van der Waals surface area contributed by atoms with Crippen molar-refractivity contribution in [2.75, 3.05) is 6.54 Å². The monoisotopic (exact) mass is 386 g/mol. The molecule has 8 nitrogen and oxygen atoms in total. The summed E-state index contributed by atoms with van der Waals surface area (Å²) in [6.45, 7) is 6.06. The average molecular weight is 386 g/mol. The maximum Gasteiger partial charge on any atom is 0.410 e. The van der Waals surface area contributed by atoms with Gasteiger partial charge in [-0.25, -0.2) is 9.48 Å². The molecule has 0 saturated carbocycles. The lowest BCUT2D eigenvalue weighted by Gasteiger charge is -2.28. The van der Waals surface area contributed by atoms with Gasteiger partial charge in [0.25, 0.3) is 5.56 Å². The second-order valence-corrected chi connectivity index (χ2v) is 7.97. The van der Waals surface area contributed by atoms with Crippen LogP contribution in [-0.2, 0) is 23.1 Å². The topological polar surface area (TPSA) is 93.5 Å².